The summed E-state index contributed by atoms with van der Waals surface area (Å²) in [5, 5.41) is 2.86. The van der Waals surface area contributed by atoms with Crippen molar-refractivity contribution in [3.63, 3.8) is 0 Å². The largest absolute Gasteiger partial charge is 0.337 e. The fourth-order valence-corrected chi connectivity index (χ4v) is 3.63. The quantitative estimate of drug-likeness (QED) is 0.843. The summed E-state index contributed by atoms with van der Waals surface area (Å²) in [7, 11) is 0. The molecule has 6 nitrogen and oxygen atoms in total. The maximum absolute atomic E-state index is 14.0. The highest BCUT2D eigenvalue weighted by Gasteiger charge is 2.30. The summed E-state index contributed by atoms with van der Waals surface area (Å²) >= 11 is 0. The van der Waals surface area contributed by atoms with Crippen LogP contribution in [0, 0.1) is 11.7 Å². The minimum Gasteiger partial charge on any atom is -0.337 e. The summed E-state index contributed by atoms with van der Waals surface area (Å²) in [6, 6.07) is 12.9. The molecule has 7 heteroatoms. The molecule has 1 saturated carbocycles. The molecule has 0 unspecified atom stereocenters. The van der Waals surface area contributed by atoms with E-state index in [-0.39, 0.29) is 29.2 Å². The zero-order valence-corrected chi connectivity index (χ0v) is 16.6. The van der Waals surface area contributed by atoms with Crippen molar-refractivity contribution in [2.45, 2.75) is 19.3 Å². The summed E-state index contributed by atoms with van der Waals surface area (Å²) in [5.41, 5.74) is 1.16. The van der Waals surface area contributed by atoms with E-state index in [0.29, 0.717) is 43.9 Å². The van der Waals surface area contributed by atoms with Gasteiger partial charge in [-0.3, -0.25) is 14.4 Å². The van der Waals surface area contributed by atoms with Crippen LogP contribution < -0.4 is 5.32 Å². The SMILES string of the molecule is O=C(Nc1cccc(C(=O)N2CCCN(C(=O)c3ccccc3F)CC2)c1)C1CC1. The van der Waals surface area contributed by atoms with E-state index in [4.69, 9.17) is 0 Å². The van der Waals surface area contributed by atoms with Crippen LogP contribution in [-0.4, -0.2) is 53.7 Å². The van der Waals surface area contributed by atoms with E-state index < -0.39 is 5.82 Å². The average molecular weight is 409 g/mol. The second-order valence-electron chi connectivity index (χ2n) is 7.76. The Labute approximate surface area is 174 Å². The summed E-state index contributed by atoms with van der Waals surface area (Å²) in [6.07, 6.45) is 2.45. The number of hydrogen-bond donors (Lipinski definition) is 1. The molecule has 3 amide bonds. The predicted molar refractivity (Wildman–Crippen MR) is 111 cm³/mol. The second kappa shape index (κ2) is 8.65. The van der Waals surface area contributed by atoms with Gasteiger partial charge in [0.05, 0.1) is 5.56 Å². The van der Waals surface area contributed by atoms with Gasteiger partial charge in [0.15, 0.2) is 0 Å². The summed E-state index contributed by atoms with van der Waals surface area (Å²) < 4.78 is 14.0. The van der Waals surface area contributed by atoms with Crippen molar-refractivity contribution in [3.05, 3.63) is 65.5 Å². The molecule has 2 aromatic rings. The van der Waals surface area contributed by atoms with E-state index in [2.05, 4.69) is 5.32 Å². The van der Waals surface area contributed by atoms with Gasteiger partial charge in [0.2, 0.25) is 5.91 Å². The lowest BCUT2D eigenvalue weighted by Crippen LogP contribution is -2.37. The summed E-state index contributed by atoms with van der Waals surface area (Å²) in [4.78, 5) is 40.9. The van der Waals surface area contributed by atoms with E-state index in [0.717, 1.165) is 12.8 Å². The van der Waals surface area contributed by atoms with Crippen molar-refractivity contribution in [2.24, 2.45) is 5.92 Å². The van der Waals surface area contributed by atoms with Crippen molar-refractivity contribution >= 4 is 23.4 Å². The first kappa shape index (κ1) is 20.1. The van der Waals surface area contributed by atoms with Crippen molar-refractivity contribution in [1.82, 2.24) is 9.80 Å². The Morgan fingerprint density at radius 3 is 2.27 bits per heavy atom. The highest BCUT2D eigenvalue weighted by atomic mass is 19.1. The normalized spacial score (nSPS) is 16.7. The van der Waals surface area contributed by atoms with Crippen molar-refractivity contribution < 1.29 is 18.8 Å². The number of nitrogens with zero attached hydrogens (tertiary/aromatic N) is 2. The lowest BCUT2D eigenvalue weighted by atomic mass is 10.1. The third-order valence-electron chi connectivity index (χ3n) is 5.50. The van der Waals surface area contributed by atoms with E-state index in [9.17, 15) is 18.8 Å². The van der Waals surface area contributed by atoms with Crippen LogP contribution >= 0.6 is 0 Å². The van der Waals surface area contributed by atoms with Crippen LogP contribution in [0.4, 0.5) is 10.1 Å². The molecule has 1 heterocycles. The number of amides is 3. The minimum atomic E-state index is -0.537. The molecule has 4 rings (SSSR count). The summed E-state index contributed by atoms with van der Waals surface area (Å²) in [6.45, 7) is 1.70. The number of carbonyl (C=O) groups is 3. The lowest BCUT2D eigenvalue weighted by molar-refractivity contribution is -0.117. The second-order valence-corrected chi connectivity index (χ2v) is 7.76. The van der Waals surface area contributed by atoms with Gasteiger partial charge in [-0.2, -0.15) is 0 Å². The van der Waals surface area contributed by atoms with Gasteiger partial charge in [0, 0.05) is 43.3 Å². The number of carbonyl (C=O) groups excluding carboxylic acids is 3. The van der Waals surface area contributed by atoms with Crippen LogP contribution in [0.1, 0.15) is 40.0 Å². The summed E-state index contributed by atoms with van der Waals surface area (Å²) in [5.74, 6) is -0.945. The molecule has 2 aliphatic rings. The molecule has 0 bridgehead atoms. The van der Waals surface area contributed by atoms with E-state index in [1.807, 2.05) is 0 Å². The Morgan fingerprint density at radius 1 is 0.867 bits per heavy atom. The standard InChI is InChI=1S/C23H24FN3O3/c24-20-8-2-1-7-19(20)23(30)27-12-4-11-26(13-14-27)22(29)17-5-3-6-18(15-17)25-21(28)16-9-10-16/h1-3,5-8,15-16H,4,9-14H2,(H,25,28). The average Bonchev–Trinajstić information content (AvgIpc) is 3.60. The zero-order chi connectivity index (χ0) is 21.1. The van der Waals surface area contributed by atoms with Gasteiger partial charge in [-0.25, -0.2) is 4.39 Å². The Morgan fingerprint density at radius 2 is 1.57 bits per heavy atom. The zero-order valence-electron chi connectivity index (χ0n) is 16.6. The van der Waals surface area contributed by atoms with Gasteiger partial charge < -0.3 is 15.1 Å². The van der Waals surface area contributed by atoms with E-state index >= 15 is 0 Å². The van der Waals surface area contributed by atoms with Gasteiger partial charge >= 0.3 is 0 Å². The molecule has 0 atom stereocenters. The number of benzene rings is 2. The Bertz CT molecular complexity index is 974. The smallest absolute Gasteiger partial charge is 0.256 e. The molecule has 0 spiro atoms. The van der Waals surface area contributed by atoms with Gasteiger partial charge in [-0.1, -0.05) is 18.2 Å². The van der Waals surface area contributed by atoms with Crippen LogP contribution in [0.3, 0.4) is 0 Å². The van der Waals surface area contributed by atoms with Crippen LogP contribution in [0.5, 0.6) is 0 Å². The van der Waals surface area contributed by atoms with Crippen LogP contribution in [0.2, 0.25) is 0 Å². The molecule has 0 aromatic heterocycles. The number of anilines is 1. The molecule has 1 aliphatic carbocycles. The molecule has 0 radical (unpaired) electrons. The monoisotopic (exact) mass is 409 g/mol. The molecule has 156 valence electrons. The van der Waals surface area contributed by atoms with E-state index in [1.54, 1.807) is 46.2 Å². The molecular weight excluding hydrogens is 385 g/mol. The molecule has 1 aliphatic heterocycles. The molecular formula is C23H24FN3O3. The third kappa shape index (κ3) is 4.50. The van der Waals surface area contributed by atoms with Crippen molar-refractivity contribution in [3.8, 4) is 0 Å². The maximum Gasteiger partial charge on any atom is 0.256 e. The maximum atomic E-state index is 14.0. The van der Waals surface area contributed by atoms with Crippen LogP contribution in [0.15, 0.2) is 48.5 Å². The fourth-order valence-electron chi connectivity index (χ4n) is 3.63. The minimum absolute atomic E-state index is 0.00308. The van der Waals surface area contributed by atoms with Crippen LogP contribution in [0.25, 0.3) is 0 Å². The highest BCUT2D eigenvalue weighted by molar-refractivity contribution is 5.98. The Kier molecular flexibility index (Phi) is 5.79. The lowest BCUT2D eigenvalue weighted by Gasteiger charge is -2.22. The molecule has 2 aromatic carbocycles. The van der Waals surface area contributed by atoms with Gasteiger partial charge in [0.25, 0.3) is 11.8 Å². The van der Waals surface area contributed by atoms with Crippen LogP contribution in [-0.2, 0) is 4.79 Å². The van der Waals surface area contributed by atoms with Gasteiger partial charge in [0.1, 0.15) is 5.82 Å². The first-order chi connectivity index (χ1) is 14.5. The molecule has 1 saturated heterocycles. The predicted octanol–water partition coefficient (Wildman–Crippen LogP) is 3.16. The Balaban J connectivity index is 1.40. The third-order valence-corrected chi connectivity index (χ3v) is 5.50. The molecule has 2 fully saturated rings. The van der Waals surface area contributed by atoms with Crippen molar-refractivity contribution in [1.29, 1.82) is 0 Å². The highest BCUT2D eigenvalue weighted by Crippen LogP contribution is 2.30. The number of nitrogens with one attached hydrogen (secondary N) is 1. The first-order valence-corrected chi connectivity index (χ1v) is 10.3. The van der Waals surface area contributed by atoms with Crippen molar-refractivity contribution in [2.75, 3.05) is 31.5 Å². The first-order valence-electron chi connectivity index (χ1n) is 10.3. The molecule has 1 N–H and O–H groups in total. The van der Waals surface area contributed by atoms with Gasteiger partial charge in [-0.05, 0) is 49.6 Å². The van der Waals surface area contributed by atoms with Gasteiger partial charge in [-0.15, -0.1) is 0 Å². The Hall–Kier alpha value is -3.22. The van der Waals surface area contributed by atoms with E-state index in [1.165, 1.54) is 12.1 Å². The topological polar surface area (TPSA) is 69.7 Å². The number of hydrogen-bond acceptors (Lipinski definition) is 3. The number of rotatable bonds is 4. The molecule has 30 heavy (non-hydrogen) atoms. The number of halogens is 1. The fraction of sp³-hybridized carbons (Fsp3) is 0.348.